The van der Waals surface area contributed by atoms with Gasteiger partial charge in [-0.15, -0.1) is 11.5 Å². The number of thiazole rings is 1. The van der Waals surface area contributed by atoms with Crippen molar-refractivity contribution in [1.29, 1.82) is 0 Å². The zero-order valence-electron chi connectivity index (χ0n) is 14.3. The van der Waals surface area contributed by atoms with Gasteiger partial charge in [0.1, 0.15) is 5.56 Å². The highest BCUT2D eigenvalue weighted by molar-refractivity contribution is 7.16. The van der Waals surface area contributed by atoms with Gasteiger partial charge in [-0.3, -0.25) is 9.48 Å². The number of carbonyl (C=O) groups is 1. The van der Waals surface area contributed by atoms with Crippen molar-refractivity contribution in [3.8, 4) is 18.2 Å². The Morgan fingerprint density at radius 1 is 1.48 bits per heavy atom. The van der Waals surface area contributed by atoms with Crippen molar-refractivity contribution < 1.29 is 9.53 Å². The molecule has 3 aromatic rings. The maximum atomic E-state index is 12.6. The van der Waals surface area contributed by atoms with Gasteiger partial charge in [0.25, 0.3) is 5.91 Å². The predicted octanol–water partition coefficient (Wildman–Crippen LogP) is 2.38. The van der Waals surface area contributed by atoms with Gasteiger partial charge in [0.15, 0.2) is 4.80 Å². The molecule has 6 nitrogen and oxygen atoms in total. The van der Waals surface area contributed by atoms with E-state index in [2.05, 4.69) is 35.1 Å². The first-order valence-electron chi connectivity index (χ1n) is 7.79. The summed E-state index contributed by atoms with van der Waals surface area (Å²) in [5, 5.41) is 4.09. The maximum absolute atomic E-state index is 12.6. The van der Waals surface area contributed by atoms with Gasteiger partial charge in [-0.1, -0.05) is 30.2 Å². The number of ether oxygens (including phenoxy) is 1. The molecule has 3 rings (SSSR count). The van der Waals surface area contributed by atoms with E-state index < -0.39 is 5.91 Å². The van der Waals surface area contributed by atoms with Gasteiger partial charge in [0.05, 0.1) is 23.9 Å². The van der Waals surface area contributed by atoms with E-state index >= 15 is 0 Å². The van der Waals surface area contributed by atoms with Crippen molar-refractivity contribution in [2.24, 2.45) is 12.0 Å². The number of nitrogens with zero attached hydrogens (tertiary/aromatic N) is 4. The van der Waals surface area contributed by atoms with Gasteiger partial charge >= 0.3 is 0 Å². The summed E-state index contributed by atoms with van der Waals surface area (Å²) in [4.78, 5) is 17.4. The lowest BCUT2D eigenvalue weighted by Gasteiger charge is -2.01. The number of amides is 1. The van der Waals surface area contributed by atoms with E-state index in [4.69, 9.17) is 11.2 Å². The minimum absolute atomic E-state index is 0.258. The Morgan fingerprint density at radius 2 is 2.28 bits per heavy atom. The average Bonchev–Trinajstić information content (AvgIpc) is 3.15. The maximum Gasteiger partial charge on any atom is 0.286 e. The van der Waals surface area contributed by atoms with Gasteiger partial charge in [-0.2, -0.15) is 4.99 Å². The molecule has 0 saturated carbocycles. The van der Waals surface area contributed by atoms with Crippen LogP contribution in [0.25, 0.3) is 10.2 Å². The summed E-state index contributed by atoms with van der Waals surface area (Å²) in [7, 11) is 3.20. The molecule has 0 aliphatic heterocycles. The summed E-state index contributed by atoms with van der Waals surface area (Å²) >= 11 is 1.45. The molecule has 128 valence electrons. The third kappa shape index (κ3) is 3.21. The van der Waals surface area contributed by atoms with E-state index in [9.17, 15) is 4.79 Å². The van der Waals surface area contributed by atoms with E-state index in [0.717, 1.165) is 16.6 Å². The number of rotatable bonds is 4. The summed E-state index contributed by atoms with van der Waals surface area (Å²) in [5.74, 6) is 2.48. The summed E-state index contributed by atoms with van der Waals surface area (Å²) in [5.41, 5.74) is 2.53. The average molecular weight is 354 g/mol. The molecule has 0 fully saturated rings. The highest BCUT2D eigenvalue weighted by atomic mass is 32.1. The van der Waals surface area contributed by atoms with Gasteiger partial charge in [0.2, 0.25) is 5.88 Å². The van der Waals surface area contributed by atoms with Crippen LogP contribution in [0.3, 0.4) is 0 Å². The molecule has 0 aliphatic carbocycles. The van der Waals surface area contributed by atoms with Crippen molar-refractivity contribution in [2.45, 2.75) is 19.9 Å². The molecule has 1 aromatic carbocycles. The molecular weight excluding hydrogens is 336 g/mol. The molecule has 7 heteroatoms. The number of aryl methyl sites for hydroxylation is 2. The van der Waals surface area contributed by atoms with E-state index in [1.54, 1.807) is 13.2 Å². The minimum Gasteiger partial charge on any atom is -0.479 e. The van der Waals surface area contributed by atoms with Crippen LogP contribution in [-0.2, 0) is 20.0 Å². The molecule has 0 unspecified atom stereocenters. The third-order valence-corrected chi connectivity index (χ3v) is 4.86. The smallest absolute Gasteiger partial charge is 0.286 e. The van der Waals surface area contributed by atoms with Gasteiger partial charge in [-0.05, 0) is 24.1 Å². The normalized spacial score (nSPS) is 11.7. The number of carbonyl (C=O) groups excluding carboxylic acids is 1. The number of terminal acetylenes is 1. The van der Waals surface area contributed by atoms with Crippen molar-refractivity contribution >= 4 is 27.5 Å². The Hall–Kier alpha value is -2.85. The molecule has 0 bridgehead atoms. The Kier molecular flexibility index (Phi) is 4.72. The Bertz CT molecular complexity index is 1050. The molecule has 0 atom stereocenters. The highest BCUT2D eigenvalue weighted by Gasteiger charge is 2.16. The number of methoxy groups -OCH3 is 1. The molecule has 2 aromatic heterocycles. The lowest BCUT2D eigenvalue weighted by atomic mass is 10.2. The van der Waals surface area contributed by atoms with E-state index in [1.807, 2.05) is 10.6 Å². The molecule has 0 radical (unpaired) electrons. The highest BCUT2D eigenvalue weighted by Crippen LogP contribution is 2.20. The van der Waals surface area contributed by atoms with Crippen LogP contribution < -0.4 is 9.54 Å². The van der Waals surface area contributed by atoms with E-state index in [1.165, 1.54) is 28.7 Å². The zero-order chi connectivity index (χ0) is 18.0. The second kappa shape index (κ2) is 6.95. The Labute approximate surface area is 149 Å². The Morgan fingerprint density at radius 3 is 2.96 bits per heavy atom. The van der Waals surface area contributed by atoms with Crippen LogP contribution in [0, 0.1) is 12.3 Å². The first kappa shape index (κ1) is 17.0. The summed E-state index contributed by atoms with van der Waals surface area (Å²) in [6.07, 6.45) is 8.04. The van der Waals surface area contributed by atoms with Crippen molar-refractivity contribution in [2.75, 3.05) is 7.11 Å². The molecule has 0 aliphatic rings. The fraction of sp³-hybridized carbons (Fsp3) is 0.278. The van der Waals surface area contributed by atoms with Crippen LogP contribution in [0.4, 0.5) is 0 Å². The number of aromatic nitrogens is 3. The largest absolute Gasteiger partial charge is 0.479 e. The first-order chi connectivity index (χ1) is 12.1. The standard InChI is InChI=1S/C18H18N4O2S/c1-5-9-22-14-8-7-12(6-2)10-15(14)25-18(22)19-16(23)13-11-21(3)20-17(13)24-4/h1,7-8,10-11H,6,9H2,2-4H3. The summed E-state index contributed by atoms with van der Waals surface area (Å²) in [6, 6.07) is 6.20. The molecule has 0 spiro atoms. The number of fused-ring (bicyclic) bond motifs is 1. The fourth-order valence-corrected chi connectivity index (χ4v) is 3.67. The van der Waals surface area contributed by atoms with Gasteiger partial charge in [-0.25, -0.2) is 0 Å². The SMILES string of the molecule is C#CCn1c(=NC(=O)c2cn(C)nc2OC)sc2cc(CC)ccc21. The lowest BCUT2D eigenvalue weighted by molar-refractivity contribution is 0.0995. The van der Waals surface area contributed by atoms with Crippen LogP contribution in [-0.4, -0.2) is 27.4 Å². The molecule has 1 amide bonds. The lowest BCUT2D eigenvalue weighted by Crippen LogP contribution is -2.16. The van der Waals surface area contributed by atoms with Crippen LogP contribution in [0.2, 0.25) is 0 Å². The summed E-state index contributed by atoms with van der Waals surface area (Å²) < 4.78 is 9.60. The number of benzene rings is 1. The topological polar surface area (TPSA) is 61.4 Å². The fourth-order valence-electron chi connectivity index (χ4n) is 2.58. The quantitative estimate of drug-likeness (QED) is 0.676. The molecule has 2 heterocycles. The predicted molar refractivity (Wildman–Crippen MR) is 97.7 cm³/mol. The van der Waals surface area contributed by atoms with Gasteiger partial charge < -0.3 is 9.30 Å². The molecule has 0 N–H and O–H groups in total. The van der Waals surface area contributed by atoms with Crippen molar-refractivity contribution in [3.63, 3.8) is 0 Å². The second-order valence-electron chi connectivity index (χ2n) is 5.47. The van der Waals surface area contributed by atoms with Crippen LogP contribution in [0.5, 0.6) is 5.88 Å². The second-order valence-corrected chi connectivity index (χ2v) is 6.48. The number of hydrogen-bond acceptors (Lipinski definition) is 4. The van der Waals surface area contributed by atoms with Crippen LogP contribution in [0.1, 0.15) is 22.8 Å². The molecular formula is C18H18N4O2S. The monoisotopic (exact) mass is 354 g/mol. The summed E-state index contributed by atoms with van der Waals surface area (Å²) in [6.45, 7) is 2.45. The van der Waals surface area contributed by atoms with Crippen LogP contribution in [0.15, 0.2) is 29.4 Å². The number of hydrogen-bond donors (Lipinski definition) is 0. The van der Waals surface area contributed by atoms with E-state index in [-0.39, 0.29) is 5.88 Å². The molecule has 0 saturated heterocycles. The minimum atomic E-state index is -0.405. The molecule has 25 heavy (non-hydrogen) atoms. The third-order valence-electron chi connectivity index (χ3n) is 3.82. The van der Waals surface area contributed by atoms with Crippen LogP contribution >= 0.6 is 11.3 Å². The van der Waals surface area contributed by atoms with Gasteiger partial charge in [0, 0.05) is 13.2 Å². The van der Waals surface area contributed by atoms with E-state index in [0.29, 0.717) is 16.9 Å². The van der Waals surface area contributed by atoms with Crippen molar-refractivity contribution in [3.05, 3.63) is 40.3 Å². The first-order valence-corrected chi connectivity index (χ1v) is 8.61. The van der Waals surface area contributed by atoms with Crippen molar-refractivity contribution in [1.82, 2.24) is 14.3 Å². The zero-order valence-corrected chi connectivity index (χ0v) is 15.1. The Balaban J connectivity index is 2.16.